The first kappa shape index (κ1) is 12.0. The van der Waals surface area contributed by atoms with Gasteiger partial charge in [0.25, 0.3) is 0 Å². The Morgan fingerprint density at radius 1 is 0.895 bits per heavy atom. The molecular formula is C17H16O2. The van der Waals surface area contributed by atoms with Crippen molar-refractivity contribution in [3.05, 3.63) is 59.2 Å². The monoisotopic (exact) mass is 252 g/mol. The van der Waals surface area contributed by atoms with Gasteiger partial charge in [0.15, 0.2) is 0 Å². The molecule has 0 amide bonds. The van der Waals surface area contributed by atoms with Gasteiger partial charge >= 0.3 is 0 Å². The lowest BCUT2D eigenvalue weighted by atomic mass is 9.92. The Morgan fingerprint density at radius 3 is 2.53 bits per heavy atom. The van der Waals surface area contributed by atoms with Crippen LogP contribution in [-0.4, -0.2) is 6.29 Å². The first-order chi connectivity index (χ1) is 9.35. The SMILES string of the molecule is O=Cc1cccc(Oc2ccc3c(c2)CCCC3)c1. The largest absolute Gasteiger partial charge is 0.457 e. The molecule has 0 bridgehead atoms. The molecule has 0 N–H and O–H groups in total. The molecule has 0 atom stereocenters. The second kappa shape index (κ2) is 5.27. The number of aryl methyl sites for hydroxylation is 2. The molecule has 0 saturated carbocycles. The fourth-order valence-electron chi connectivity index (χ4n) is 2.56. The highest BCUT2D eigenvalue weighted by Crippen LogP contribution is 2.28. The van der Waals surface area contributed by atoms with Crippen LogP contribution >= 0.6 is 0 Å². The van der Waals surface area contributed by atoms with Crippen molar-refractivity contribution in [3.63, 3.8) is 0 Å². The van der Waals surface area contributed by atoms with Crippen LogP contribution in [0.1, 0.15) is 34.3 Å². The lowest BCUT2D eigenvalue weighted by Gasteiger charge is -2.16. The lowest BCUT2D eigenvalue weighted by Crippen LogP contribution is -2.02. The Balaban J connectivity index is 1.84. The standard InChI is InChI=1S/C17H16O2/c18-12-13-4-3-7-16(10-13)19-17-9-8-14-5-1-2-6-15(14)11-17/h3-4,7-12H,1-2,5-6H2. The molecule has 2 nitrogen and oxygen atoms in total. The molecule has 3 rings (SSSR count). The van der Waals surface area contributed by atoms with Gasteiger partial charge in [-0.1, -0.05) is 18.2 Å². The Hall–Kier alpha value is -2.09. The summed E-state index contributed by atoms with van der Waals surface area (Å²) in [4.78, 5) is 10.7. The van der Waals surface area contributed by atoms with Gasteiger partial charge in [-0.2, -0.15) is 0 Å². The fraction of sp³-hybridized carbons (Fsp3) is 0.235. The van der Waals surface area contributed by atoms with E-state index in [-0.39, 0.29) is 0 Å². The van der Waals surface area contributed by atoms with Crippen molar-refractivity contribution in [2.75, 3.05) is 0 Å². The van der Waals surface area contributed by atoms with Crippen LogP contribution < -0.4 is 4.74 Å². The van der Waals surface area contributed by atoms with Crippen LogP contribution in [0.4, 0.5) is 0 Å². The van der Waals surface area contributed by atoms with E-state index in [2.05, 4.69) is 12.1 Å². The van der Waals surface area contributed by atoms with E-state index in [1.54, 1.807) is 12.1 Å². The third-order valence-electron chi connectivity index (χ3n) is 3.55. The van der Waals surface area contributed by atoms with E-state index in [1.807, 2.05) is 18.2 Å². The highest BCUT2D eigenvalue weighted by molar-refractivity contribution is 5.75. The summed E-state index contributed by atoms with van der Waals surface area (Å²) in [5.74, 6) is 1.56. The summed E-state index contributed by atoms with van der Waals surface area (Å²) in [5.41, 5.74) is 3.48. The number of carbonyl (C=O) groups excluding carboxylic acids is 1. The molecule has 0 radical (unpaired) electrons. The molecule has 0 unspecified atom stereocenters. The molecule has 0 heterocycles. The molecule has 0 aromatic heterocycles. The first-order valence-corrected chi connectivity index (χ1v) is 6.70. The average Bonchev–Trinajstić information content (AvgIpc) is 2.47. The van der Waals surface area contributed by atoms with Gasteiger partial charge in [-0.15, -0.1) is 0 Å². The molecule has 2 heteroatoms. The van der Waals surface area contributed by atoms with E-state index < -0.39 is 0 Å². The Bertz CT molecular complexity index is 602. The van der Waals surface area contributed by atoms with Crippen LogP contribution in [0.2, 0.25) is 0 Å². The van der Waals surface area contributed by atoms with Crippen molar-refractivity contribution in [2.24, 2.45) is 0 Å². The molecule has 0 aliphatic heterocycles. The second-order valence-electron chi connectivity index (χ2n) is 4.93. The molecule has 0 spiro atoms. The van der Waals surface area contributed by atoms with E-state index in [9.17, 15) is 4.79 Å². The summed E-state index contributed by atoms with van der Waals surface area (Å²) in [6.07, 6.45) is 5.70. The van der Waals surface area contributed by atoms with Gasteiger partial charge in [-0.05, 0) is 61.1 Å². The van der Waals surface area contributed by atoms with E-state index in [1.165, 1.54) is 30.4 Å². The normalized spacial score (nSPS) is 13.7. The molecule has 0 fully saturated rings. The summed E-state index contributed by atoms with van der Waals surface area (Å²) in [6.45, 7) is 0. The van der Waals surface area contributed by atoms with Gasteiger partial charge in [-0.25, -0.2) is 0 Å². The molecule has 1 aliphatic rings. The Kier molecular flexibility index (Phi) is 3.32. The van der Waals surface area contributed by atoms with Crippen LogP contribution in [0, 0.1) is 0 Å². The second-order valence-corrected chi connectivity index (χ2v) is 4.93. The highest BCUT2D eigenvalue weighted by Gasteiger charge is 2.10. The molecule has 0 saturated heterocycles. The molecule has 19 heavy (non-hydrogen) atoms. The predicted molar refractivity (Wildman–Crippen MR) is 75.0 cm³/mol. The number of carbonyl (C=O) groups is 1. The van der Waals surface area contributed by atoms with Crippen LogP contribution in [0.25, 0.3) is 0 Å². The Morgan fingerprint density at radius 2 is 1.68 bits per heavy atom. The third kappa shape index (κ3) is 2.68. The maximum Gasteiger partial charge on any atom is 0.150 e. The van der Waals surface area contributed by atoms with Crippen LogP contribution in [0.3, 0.4) is 0 Å². The zero-order valence-corrected chi connectivity index (χ0v) is 10.8. The van der Waals surface area contributed by atoms with Gasteiger partial charge < -0.3 is 4.74 Å². The summed E-state index contributed by atoms with van der Waals surface area (Å²) >= 11 is 0. The quantitative estimate of drug-likeness (QED) is 0.766. The summed E-state index contributed by atoms with van der Waals surface area (Å²) in [6, 6.07) is 13.5. The van der Waals surface area contributed by atoms with Crippen molar-refractivity contribution in [3.8, 4) is 11.5 Å². The van der Waals surface area contributed by atoms with Gasteiger partial charge in [0.2, 0.25) is 0 Å². The van der Waals surface area contributed by atoms with Gasteiger partial charge in [-0.3, -0.25) is 4.79 Å². The fourth-order valence-corrected chi connectivity index (χ4v) is 2.56. The topological polar surface area (TPSA) is 26.3 Å². The van der Waals surface area contributed by atoms with E-state index in [4.69, 9.17) is 4.74 Å². The van der Waals surface area contributed by atoms with Crippen molar-refractivity contribution >= 4 is 6.29 Å². The highest BCUT2D eigenvalue weighted by atomic mass is 16.5. The zero-order valence-electron chi connectivity index (χ0n) is 10.8. The van der Waals surface area contributed by atoms with Crippen LogP contribution in [0.5, 0.6) is 11.5 Å². The minimum absolute atomic E-state index is 0.635. The number of aldehydes is 1. The average molecular weight is 252 g/mol. The number of hydrogen-bond donors (Lipinski definition) is 0. The maximum absolute atomic E-state index is 10.7. The number of ether oxygens (including phenoxy) is 1. The van der Waals surface area contributed by atoms with Crippen molar-refractivity contribution in [2.45, 2.75) is 25.7 Å². The minimum atomic E-state index is 0.635. The molecular weight excluding hydrogens is 236 g/mol. The minimum Gasteiger partial charge on any atom is -0.457 e. The number of hydrogen-bond acceptors (Lipinski definition) is 2. The van der Waals surface area contributed by atoms with Crippen molar-refractivity contribution in [1.29, 1.82) is 0 Å². The summed E-state index contributed by atoms with van der Waals surface area (Å²) < 4.78 is 5.83. The predicted octanol–water partition coefficient (Wildman–Crippen LogP) is 4.17. The lowest BCUT2D eigenvalue weighted by molar-refractivity contribution is 0.112. The molecule has 96 valence electrons. The van der Waals surface area contributed by atoms with Crippen molar-refractivity contribution in [1.82, 2.24) is 0 Å². The number of rotatable bonds is 3. The van der Waals surface area contributed by atoms with E-state index in [0.717, 1.165) is 18.5 Å². The summed E-state index contributed by atoms with van der Waals surface area (Å²) in [5, 5.41) is 0. The van der Waals surface area contributed by atoms with Crippen molar-refractivity contribution < 1.29 is 9.53 Å². The van der Waals surface area contributed by atoms with Crippen LogP contribution in [-0.2, 0) is 12.8 Å². The summed E-state index contributed by atoms with van der Waals surface area (Å²) in [7, 11) is 0. The van der Waals surface area contributed by atoms with Crippen LogP contribution in [0.15, 0.2) is 42.5 Å². The van der Waals surface area contributed by atoms with E-state index in [0.29, 0.717) is 11.3 Å². The third-order valence-corrected chi connectivity index (χ3v) is 3.55. The van der Waals surface area contributed by atoms with Gasteiger partial charge in [0.05, 0.1) is 0 Å². The maximum atomic E-state index is 10.7. The number of benzene rings is 2. The first-order valence-electron chi connectivity index (χ1n) is 6.70. The molecule has 2 aromatic carbocycles. The number of fused-ring (bicyclic) bond motifs is 1. The van der Waals surface area contributed by atoms with Gasteiger partial charge in [0, 0.05) is 5.56 Å². The molecule has 2 aromatic rings. The smallest absolute Gasteiger partial charge is 0.150 e. The molecule has 1 aliphatic carbocycles. The Labute approximate surface area is 113 Å². The van der Waals surface area contributed by atoms with E-state index >= 15 is 0 Å². The van der Waals surface area contributed by atoms with Gasteiger partial charge in [0.1, 0.15) is 17.8 Å². The zero-order chi connectivity index (χ0) is 13.1.